The first-order valence-electron chi connectivity index (χ1n) is 6.80. The zero-order valence-electron chi connectivity index (χ0n) is 11.8. The highest BCUT2D eigenvalue weighted by Gasteiger charge is 2.30. The van der Waals surface area contributed by atoms with E-state index in [2.05, 4.69) is 0 Å². The van der Waals surface area contributed by atoms with E-state index in [9.17, 15) is 14.9 Å². The maximum absolute atomic E-state index is 11.5. The lowest BCUT2D eigenvalue weighted by Gasteiger charge is -2.36. The maximum atomic E-state index is 11.5. The highest BCUT2D eigenvalue weighted by atomic mass is 35.5. The van der Waals surface area contributed by atoms with Gasteiger partial charge in [-0.15, -0.1) is 0 Å². The molecule has 0 aliphatic carbocycles. The van der Waals surface area contributed by atoms with Gasteiger partial charge in [-0.3, -0.25) is 14.9 Å². The summed E-state index contributed by atoms with van der Waals surface area (Å²) in [5, 5.41) is 11.6. The molecular formula is C14H17ClN2O4. The number of nitro groups is 1. The minimum atomic E-state index is -0.421. The number of methoxy groups -OCH3 is 1. The van der Waals surface area contributed by atoms with Crippen molar-refractivity contribution in [3.63, 3.8) is 0 Å². The molecule has 1 fully saturated rings. The molecule has 7 heteroatoms. The maximum Gasteiger partial charge on any atom is 0.307 e. The van der Waals surface area contributed by atoms with Crippen LogP contribution in [0.3, 0.4) is 0 Å². The molecule has 0 saturated carbocycles. The quantitative estimate of drug-likeness (QED) is 0.485. The van der Waals surface area contributed by atoms with Gasteiger partial charge in [-0.05, 0) is 31.4 Å². The molecule has 21 heavy (non-hydrogen) atoms. The topological polar surface area (TPSA) is 72.7 Å². The lowest BCUT2D eigenvalue weighted by Crippen LogP contribution is -2.41. The van der Waals surface area contributed by atoms with E-state index in [4.69, 9.17) is 16.3 Å². The lowest BCUT2D eigenvalue weighted by molar-refractivity contribution is -0.384. The van der Waals surface area contributed by atoms with Crippen molar-refractivity contribution in [1.29, 1.82) is 0 Å². The molecule has 1 unspecified atom stereocenters. The predicted molar refractivity (Wildman–Crippen MR) is 79.7 cm³/mol. The number of nitrogens with zero attached hydrogens (tertiary/aromatic N) is 2. The summed E-state index contributed by atoms with van der Waals surface area (Å²) in [5.74, 6) is -0.309. The van der Waals surface area contributed by atoms with E-state index in [1.54, 1.807) is 6.07 Å². The van der Waals surface area contributed by atoms with Crippen molar-refractivity contribution in [1.82, 2.24) is 0 Å². The van der Waals surface area contributed by atoms with Crippen LogP contribution in [-0.4, -0.2) is 30.6 Å². The number of ether oxygens (including phenoxy) is 1. The fourth-order valence-electron chi connectivity index (χ4n) is 2.69. The lowest BCUT2D eigenvalue weighted by atomic mass is 9.98. The van der Waals surface area contributed by atoms with Gasteiger partial charge in [0, 0.05) is 23.7 Å². The second-order valence-electron chi connectivity index (χ2n) is 5.01. The van der Waals surface area contributed by atoms with Crippen LogP contribution < -0.4 is 4.90 Å². The SMILES string of the molecule is COC(=O)CC1CCCCN1c1cc(Cl)ccc1[N+](=O)[O-]. The van der Waals surface area contributed by atoms with Gasteiger partial charge in [-0.1, -0.05) is 11.6 Å². The minimum absolute atomic E-state index is 0.0103. The van der Waals surface area contributed by atoms with Crippen molar-refractivity contribution in [2.45, 2.75) is 31.7 Å². The van der Waals surface area contributed by atoms with Gasteiger partial charge < -0.3 is 9.64 Å². The number of hydrogen-bond donors (Lipinski definition) is 0. The first-order chi connectivity index (χ1) is 10.0. The van der Waals surface area contributed by atoms with Crippen LogP contribution in [0.25, 0.3) is 0 Å². The highest BCUT2D eigenvalue weighted by Crippen LogP contribution is 2.35. The Balaban J connectivity index is 2.34. The molecule has 0 spiro atoms. The Hall–Kier alpha value is -1.82. The van der Waals surface area contributed by atoms with Crippen LogP contribution in [0.1, 0.15) is 25.7 Å². The minimum Gasteiger partial charge on any atom is -0.469 e. The molecule has 1 saturated heterocycles. The van der Waals surface area contributed by atoms with E-state index in [-0.39, 0.29) is 24.1 Å². The Kier molecular flexibility index (Phi) is 5.01. The standard InChI is InChI=1S/C14H17ClN2O4/c1-21-14(18)9-11-4-2-3-7-16(11)13-8-10(15)5-6-12(13)17(19)20/h5-6,8,11H,2-4,7,9H2,1H3. The number of hydrogen-bond acceptors (Lipinski definition) is 5. The van der Waals surface area contributed by atoms with E-state index in [0.717, 1.165) is 19.3 Å². The normalized spacial score (nSPS) is 18.4. The first-order valence-corrected chi connectivity index (χ1v) is 7.18. The third-order valence-corrected chi connectivity index (χ3v) is 3.94. The summed E-state index contributed by atoms with van der Waals surface area (Å²) in [6, 6.07) is 4.41. The molecule has 1 heterocycles. The smallest absolute Gasteiger partial charge is 0.307 e. The van der Waals surface area contributed by atoms with Crippen LogP contribution >= 0.6 is 11.6 Å². The molecule has 1 aromatic carbocycles. The molecular weight excluding hydrogens is 296 g/mol. The molecule has 1 aliphatic rings. The number of anilines is 1. The number of carbonyl (C=O) groups is 1. The van der Waals surface area contributed by atoms with Gasteiger partial charge in [0.1, 0.15) is 5.69 Å². The van der Waals surface area contributed by atoms with Crippen molar-refractivity contribution >= 4 is 28.9 Å². The van der Waals surface area contributed by atoms with Crippen molar-refractivity contribution in [3.8, 4) is 0 Å². The summed E-state index contributed by atoms with van der Waals surface area (Å²) in [4.78, 5) is 24.2. The summed E-state index contributed by atoms with van der Waals surface area (Å²) in [6.07, 6.45) is 2.95. The van der Waals surface area contributed by atoms with Crippen LogP contribution in [0.5, 0.6) is 0 Å². The zero-order chi connectivity index (χ0) is 15.4. The van der Waals surface area contributed by atoms with Crippen molar-refractivity contribution < 1.29 is 14.5 Å². The summed E-state index contributed by atoms with van der Waals surface area (Å²) >= 11 is 5.98. The van der Waals surface area contributed by atoms with E-state index in [0.29, 0.717) is 17.3 Å². The molecule has 0 amide bonds. The number of nitro benzene ring substituents is 1. The van der Waals surface area contributed by atoms with Gasteiger partial charge in [0.15, 0.2) is 0 Å². The molecule has 0 aromatic heterocycles. The number of esters is 1. The number of benzene rings is 1. The molecule has 1 atom stereocenters. The monoisotopic (exact) mass is 312 g/mol. The van der Waals surface area contributed by atoms with Gasteiger partial charge in [0.25, 0.3) is 5.69 Å². The molecule has 0 bridgehead atoms. The first kappa shape index (κ1) is 15.6. The van der Waals surface area contributed by atoms with Crippen LogP contribution in [0.15, 0.2) is 18.2 Å². The van der Waals surface area contributed by atoms with Gasteiger partial charge >= 0.3 is 5.97 Å². The van der Waals surface area contributed by atoms with Crippen LogP contribution in [0.4, 0.5) is 11.4 Å². The second kappa shape index (κ2) is 6.76. The van der Waals surface area contributed by atoms with Crippen LogP contribution in [-0.2, 0) is 9.53 Å². The summed E-state index contributed by atoms with van der Waals surface area (Å²) in [7, 11) is 1.34. The van der Waals surface area contributed by atoms with Gasteiger partial charge in [0.2, 0.25) is 0 Å². The van der Waals surface area contributed by atoms with Crippen molar-refractivity contribution in [2.24, 2.45) is 0 Å². The molecule has 0 radical (unpaired) electrons. The van der Waals surface area contributed by atoms with Gasteiger partial charge in [-0.25, -0.2) is 0 Å². The van der Waals surface area contributed by atoms with Gasteiger partial charge in [-0.2, -0.15) is 0 Å². The Morgan fingerprint density at radius 3 is 2.95 bits per heavy atom. The fourth-order valence-corrected chi connectivity index (χ4v) is 2.85. The number of piperidine rings is 1. The Bertz CT molecular complexity index is 550. The zero-order valence-corrected chi connectivity index (χ0v) is 12.5. The summed E-state index contributed by atoms with van der Waals surface area (Å²) in [5.41, 5.74) is 0.484. The Labute approximate surface area is 127 Å². The molecule has 2 rings (SSSR count). The predicted octanol–water partition coefficient (Wildman–Crippen LogP) is 3.17. The molecule has 6 nitrogen and oxygen atoms in total. The average molecular weight is 313 g/mol. The summed E-state index contributed by atoms with van der Waals surface area (Å²) < 4.78 is 4.71. The van der Waals surface area contributed by atoms with Crippen LogP contribution in [0.2, 0.25) is 5.02 Å². The number of rotatable bonds is 4. The fraction of sp³-hybridized carbons (Fsp3) is 0.500. The molecule has 0 N–H and O–H groups in total. The molecule has 1 aromatic rings. The van der Waals surface area contributed by atoms with Crippen molar-refractivity contribution in [2.75, 3.05) is 18.6 Å². The largest absolute Gasteiger partial charge is 0.469 e. The molecule has 114 valence electrons. The highest BCUT2D eigenvalue weighted by molar-refractivity contribution is 6.31. The van der Waals surface area contributed by atoms with Crippen LogP contribution in [0, 0.1) is 10.1 Å². The Morgan fingerprint density at radius 1 is 1.52 bits per heavy atom. The number of carbonyl (C=O) groups excluding carboxylic acids is 1. The van der Waals surface area contributed by atoms with E-state index in [1.807, 2.05) is 4.90 Å². The third-order valence-electron chi connectivity index (χ3n) is 3.70. The van der Waals surface area contributed by atoms with Gasteiger partial charge in [0.05, 0.1) is 18.5 Å². The third kappa shape index (κ3) is 3.64. The van der Waals surface area contributed by atoms with Crippen molar-refractivity contribution in [3.05, 3.63) is 33.3 Å². The second-order valence-corrected chi connectivity index (χ2v) is 5.45. The van der Waals surface area contributed by atoms with E-state index in [1.165, 1.54) is 19.2 Å². The summed E-state index contributed by atoms with van der Waals surface area (Å²) in [6.45, 7) is 0.669. The average Bonchev–Trinajstić information content (AvgIpc) is 2.47. The Morgan fingerprint density at radius 2 is 2.29 bits per heavy atom. The number of halogens is 1. The van der Waals surface area contributed by atoms with E-state index < -0.39 is 4.92 Å². The van der Waals surface area contributed by atoms with E-state index >= 15 is 0 Å². The molecule has 1 aliphatic heterocycles.